The SMILES string of the molecule is Cc1c(Cl)ccc2c1N(C)C(=O)C1CNCCN21. The number of fused-ring (bicyclic) bond motifs is 3. The first-order valence-corrected chi connectivity index (χ1v) is 6.53. The van der Waals surface area contributed by atoms with Gasteiger partial charge in [-0.15, -0.1) is 0 Å². The van der Waals surface area contributed by atoms with Crippen LogP contribution in [0, 0.1) is 6.92 Å². The minimum Gasteiger partial charge on any atom is -0.355 e. The van der Waals surface area contributed by atoms with Gasteiger partial charge in [-0.25, -0.2) is 0 Å². The van der Waals surface area contributed by atoms with Gasteiger partial charge in [-0.3, -0.25) is 4.79 Å². The number of rotatable bonds is 0. The van der Waals surface area contributed by atoms with Gasteiger partial charge in [-0.1, -0.05) is 11.6 Å². The molecule has 1 N–H and O–H groups in total. The van der Waals surface area contributed by atoms with E-state index in [0.717, 1.165) is 30.0 Å². The number of hydrogen-bond acceptors (Lipinski definition) is 3. The van der Waals surface area contributed by atoms with Crippen LogP contribution in [0.4, 0.5) is 11.4 Å². The molecule has 18 heavy (non-hydrogen) atoms. The standard InChI is InChI=1S/C13H16ClN3O/c1-8-9(14)3-4-10-12(8)16(2)13(18)11-7-15-5-6-17(10)11/h3-4,11,15H,5-7H2,1-2H3. The summed E-state index contributed by atoms with van der Waals surface area (Å²) in [5.41, 5.74) is 3.04. The van der Waals surface area contributed by atoms with Crippen LogP contribution >= 0.6 is 11.6 Å². The van der Waals surface area contributed by atoms with Crippen molar-refractivity contribution >= 4 is 28.9 Å². The molecule has 5 heteroatoms. The lowest BCUT2D eigenvalue weighted by Crippen LogP contribution is -2.61. The van der Waals surface area contributed by atoms with Crippen LogP contribution in [-0.4, -0.2) is 38.6 Å². The van der Waals surface area contributed by atoms with Crippen molar-refractivity contribution in [2.75, 3.05) is 36.5 Å². The molecule has 1 atom stereocenters. The van der Waals surface area contributed by atoms with E-state index in [9.17, 15) is 4.79 Å². The number of likely N-dealkylation sites (N-methyl/N-ethyl adjacent to an activating group) is 1. The molecule has 2 aliphatic heterocycles. The first-order chi connectivity index (χ1) is 8.61. The molecule has 3 rings (SSSR count). The number of carbonyl (C=O) groups is 1. The first-order valence-electron chi connectivity index (χ1n) is 6.15. The van der Waals surface area contributed by atoms with E-state index in [2.05, 4.69) is 10.2 Å². The lowest BCUT2D eigenvalue weighted by atomic mass is 10.0. The van der Waals surface area contributed by atoms with Crippen LogP contribution in [0.25, 0.3) is 0 Å². The van der Waals surface area contributed by atoms with Gasteiger partial charge >= 0.3 is 0 Å². The van der Waals surface area contributed by atoms with Gasteiger partial charge in [0.2, 0.25) is 0 Å². The normalized spacial score (nSPS) is 22.8. The zero-order valence-electron chi connectivity index (χ0n) is 10.5. The second-order valence-electron chi connectivity index (χ2n) is 4.85. The highest BCUT2D eigenvalue weighted by Crippen LogP contribution is 2.40. The summed E-state index contributed by atoms with van der Waals surface area (Å²) in [4.78, 5) is 16.3. The summed E-state index contributed by atoms with van der Waals surface area (Å²) in [6.07, 6.45) is 0. The summed E-state index contributed by atoms with van der Waals surface area (Å²) >= 11 is 6.16. The van der Waals surface area contributed by atoms with Crippen molar-refractivity contribution in [1.29, 1.82) is 0 Å². The fourth-order valence-corrected chi connectivity index (χ4v) is 3.02. The number of benzene rings is 1. The fraction of sp³-hybridized carbons (Fsp3) is 0.462. The highest BCUT2D eigenvalue weighted by atomic mass is 35.5. The lowest BCUT2D eigenvalue weighted by molar-refractivity contribution is -0.120. The van der Waals surface area contributed by atoms with Gasteiger partial charge < -0.3 is 15.1 Å². The summed E-state index contributed by atoms with van der Waals surface area (Å²) < 4.78 is 0. The van der Waals surface area contributed by atoms with Crippen LogP contribution < -0.4 is 15.1 Å². The van der Waals surface area contributed by atoms with Crippen LogP contribution in [0.1, 0.15) is 5.56 Å². The molecule has 2 aliphatic rings. The Balaban J connectivity index is 2.18. The Morgan fingerprint density at radius 1 is 1.44 bits per heavy atom. The van der Waals surface area contributed by atoms with Crippen LogP contribution in [0.15, 0.2) is 12.1 Å². The molecule has 0 saturated carbocycles. The average Bonchev–Trinajstić information content (AvgIpc) is 2.39. The van der Waals surface area contributed by atoms with Crippen LogP contribution in [-0.2, 0) is 4.79 Å². The summed E-state index contributed by atoms with van der Waals surface area (Å²) in [5, 5.41) is 3.99. The molecule has 4 nitrogen and oxygen atoms in total. The Labute approximate surface area is 112 Å². The van der Waals surface area contributed by atoms with Crippen molar-refractivity contribution in [3.05, 3.63) is 22.7 Å². The Morgan fingerprint density at radius 2 is 2.22 bits per heavy atom. The summed E-state index contributed by atoms with van der Waals surface area (Å²) in [5.74, 6) is 0.139. The number of nitrogens with zero attached hydrogens (tertiary/aromatic N) is 2. The quantitative estimate of drug-likeness (QED) is 0.770. The van der Waals surface area contributed by atoms with Crippen LogP contribution in [0.3, 0.4) is 0 Å². The van der Waals surface area contributed by atoms with Gasteiger partial charge in [0.05, 0.1) is 11.4 Å². The Kier molecular flexibility index (Phi) is 2.72. The third-order valence-electron chi connectivity index (χ3n) is 3.85. The monoisotopic (exact) mass is 265 g/mol. The van der Waals surface area contributed by atoms with E-state index < -0.39 is 0 Å². The molecular weight excluding hydrogens is 250 g/mol. The molecular formula is C13H16ClN3O. The Bertz CT molecular complexity index is 517. The molecule has 2 heterocycles. The number of anilines is 2. The van der Waals surface area contributed by atoms with Gasteiger partial charge in [0.1, 0.15) is 6.04 Å². The number of hydrogen-bond donors (Lipinski definition) is 1. The molecule has 1 saturated heterocycles. The third-order valence-corrected chi connectivity index (χ3v) is 4.26. The second-order valence-corrected chi connectivity index (χ2v) is 5.26. The molecule has 0 bridgehead atoms. The molecule has 0 aliphatic carbocycles. The third kappa shape index (κ3) is 1.52. The van der Waals surface area contributed by atoms with Crippen LogP contribution in [0.5, 0.6) is 0 Å². The number of amides is 1. The Morgan fingerprint density at radius 3 is 3.00 bits per heavy atom. The van der Waals surface area contributed by atoms with E-state index in [4.69, 9.17) is 11.6 Å². The van der Waals surface area contributed by atoms with E-state index in [1.807, 2.05) is 26.1 Å². The smallest absolute Gasteiger partial charge is 0.250 e. The predicted octanol–water partition coefficient (Wildman–Crippen LogP) is 1.40. The molecule has 1 aromatic rings. The summed E-state index contributed by atoms with van der Waals surface area (Å²) in [7, 11) is 1.83. The number of piperazine rings is 1. The zero-order valence-corrected chi connectivity index (χ0v) is 11.3. The molecule has 1 aromatic carbocycles. The van der Waals surface area contributed by atoms with Gasteiger partial charge in [-0.2, -0.15) is 0 Å². The predicted molar refractivity (Wildman–Crippen MR) is 73.6 cm³/mol. The van der Waals surface area contributed by atoms with Crippen LogP contribution in [0.2, 0.25) is 5.02 Å². The van der Waals surface area contributed by atoms with Gasteiger partial charge in [0, 0.05) is 31.7 Å². The zero-order chi connectivity index (χ0) is 12.9. The topological polar surface area (TPSA) is 35.6 Å². The van der Waals surface area contributed by atoms with Crippen molar-refractivity contribution in [3.8, 4) is 0 Å². The maximum Gasteiger partial charge on any atom is 0.250 e. The molecule has 1 unspecified atom stereocenters. The molecule has 1 amide bonds. The van der Waals surface area contributed by atoms with Gasteiger partial charge in [0.15, 0.2) is 0 Å². The van der Waals surface area contributed by atoms with E-state index in [-0.39, 0.29) is 11.9 Å². The first kappa shape index (κ1) is 11.8. The van der Waals surface area contributed by atoms with E-state index in [0.29, 0.717) is 11.6 Å². The van der Waals surface area contributed by atoms with Gasteiger partial charge in [0.25, 0.3) is 5.91 Å². The molecule has 0 spiro atoms. The van der Waals surface area contributed by atoms with E-state index in [1.165, 1.54) is 0 Å². The number of halogens is 1. The van der Waals surface area contributed by atoms with Crippen molar-refractivity contribution in [2.45, 2.75) is 13.0 Å². The van der Waals surface area contributed by atoms with Gasteiger partial charge in [-0.05, 0) is 24.6 Å². The molecule has 0 radical (unpaired) electrons. The van der Waals surface area contributed by atoms with E-state index >= 15 is 0 Å². The maximum absolute atomic E-state index is 12.4. The van der Waals surface area contributed by atoms with E-state index in [1.54, 1.807) is 4.90 Å². The van der Waals surface area contributed by atoms with Crippen molar-refractivity contribution < 1.29 is 4.79 Å². The average molecular weight is 266 g/mol. The lowest BCUT2D eigenvalue weighted by Gasteiger charge is -2.45. The second kappa shape index (κ2) is 4.14. The summed E-state index contributed by atoms with van der Waals surface area (Å²) in [6, 6.07) is 3.85. The molecule has 96 valence electrons. The fourth-order valence-electron chi connectivity index (χ4n) is 2.86. The minimum atomic E-state index is -0.0863. The highest BCUT2D eigenvalue weighted by Gasteiger charge is 2.38. The highest BCUT2D eigenvalue weighted by molar-refractivity contribution is 6.32. The van der Waals surface area contributed by atoms with Crippen molar-refractivity contribution in [3.63, 3.8) is 0 Å². The van der Waals surface area contributed by atoms with Crippen molar-refractivity contribution in [1.82, 2.24) is 5.32 Å². The maximum atomic E-state index is 12.4. The number of nitrogens with one attached hydrogen (secondary N) is 1. The molecule has 0 aromatic heterocycles. The minimum absolute atomic E-state index is 0.0863. The number of carbonyl (C=O) groups excluding carboxylic acids is 1. The molecule has 1 fully saturated rings. The summed E-state index contributed by atoms with van der Waals surface area (Å²) in [6.45, 7) is 4.45. The Hall–Kier alpha value is -1.26. The van der Waals surface area contributed by atoms with Crippen molar-refractivity contribution in [2.24, 2.45) is 0 Å². The largest absolute Gasteiger partial charge is 0.355 e.